The second-order valence-corrected chi connectivity index (χ2v) is 6.88. The molecule has 0 spiro atoms. The van der Waals surface area contributed by atoms with Gasteiger partial charge in [-0.2, -0.15) is 0 Å². The molecule has 1 atom stereocenters. The average Bonchev–Trinajstić information content (AvgIpc) is 3.20. The lowest BCUT2D eigenvalue weighted by atomic mass is 10.1. The molecule has 2 nitrogen and oxygen atoms in total. The Balaban J connectivity index is 2.04. The van der Waals surface area contributed by atoms with Gasteiger partial charge in [-0.1, -0.05) is 6.92 Å². The predicted molar refractivity (Wildman–Crippen MR) is 83.7 cm³/mol. The van der Waals surface area contributed by atoms with E-state index in [0.29, 0.717) is 28.2 Å². The van der Waals surface area contributed by atoms with Gasteiger partial charge < -0.3 is 4.57 Å². The minimum absolute atomic E-state index is 0.269. The molecule has 1 aliphatic rings. The average molecular weight is 360 g/mol. The summed E-state index contributed by atoms with van der Waals surface area (Å²) in [6.07, 6.45) is 3.38. The van der Waals surface area contributed by atoms with E-state index in [0.717, 1.165) is 23.8 Å². The lowest BCUT2D eigenvalue weighted by Gasteiger charge is -2.14. The first-order valence-corrected chi connectivity index (χ1v) is 8.33. The highest BCUT2D eigenvalue weighted by Gasteiger charge is 2.29. The lowest BCUT2D eigenvalue weighted by Crippen LogP contribution is -2.12. The Hall–Kier alpha value is -0.610. The normalized spacial score (nSPS) is 16.8. The third-order valence-corrected chi connectivity index (χ3v) is 4.88. The molecule has 1 aromatic heterocycles. The molecule has 108 valence electrons. The number of benzene rings is 1. The fraction of sp³-hybridized carbons (Fsp3) is 0.533. The molecular weight excluding hydrogens is 343 g/mol. The van der Waals surface area contributed by atoms with Crippen LogP contribution in [0.15, 0.2) is 16.6 Å². The molecule has 0 N–H and O–H groups in total. The van der Waals surface area contributed by atoms with Crippen molar-refractivity contribution < 1.29 is 4.39 Å². The van der Waals surface area contributed by atoms with Crippen LogP contribution in [0.25, 0.3) is 11.0 Å². The van der Waals surface area contributed by atoms with Gasteiger partial charge in [0.25, 0.3) is 0 Å². The number of hydrogen-bond donors (Lipinski definition) is 0. The van der Waals surface area contributed by atoms with Crippen molar-refractivity contribution in [2.45, 2.75) is 32.7 Å². The first-order valence-electron chi connectivity index (χ1n) is 7.00. The van der Waals surface area contributed by atoms with Crippen molar-refractivity contribution in [2.24, 2.45) is 11.8 Å². The van der Waals surface area contributed by atoms with Crippen molar-refractivity contribution in [3.63, 3.8) is 0 Å². The van der Waals surface area contributed by atoms with E-state index in [4.69, 9.17) is 11.6 Å². The van der Waals surface area contributed by atoms with Gasteiger partial charge in [-0.05, 0) is 46.7 Å². The summed E-state index contributed by atoms with van der Waals surface area (Å²) in [6, 6.07) is 3.32. The van der Waals surface area contributed by atoms with Crippen LogP contribution in [0.2, 0.25) is 0 Å². The topological polar surface area (TPSA) is 17.8 Å². The van der Waals surface area contributed by atoms with E-state index in [-0.39, 0.29) is 5.82 Å². The number of alkyl halides is 1. The fourth-order valence-electron chi connectivity index (χ4n) is 2.75. The summed E-state index contributed by atoms with van der Waals surface area (Å²) in [5, 5.41) is 0. The summed E-state index contributed by atoms with van der Waals surface area (Å²) >= 11 is 9.14. The zero-order valence-corrected chi connectivity index (χ0v) is 13.7. The third kappa shape index (κ3) is 2.73. The van der Waals surface area contributed by atoms with Crippen LogP contribution >= 0.6 is 27.5 Å². The molecule has 1 fully saturated rings. The lowest BCUT2D eigenvalue weighted by molar-refractivity contribution is 0.429. The largest absolute Gasteiger partial charge is 0.328 e. The SMILES string of the molecule is CC(Cn1c(CCCl)nc2cc(F)c(Br)cc21)C1CC1. The van der Waals surface area contributed by atoms with E-state index in [9.17, 15) is 4.39 Å². The number of aromatic nitrogens is 2. The maximum Gasteiger partial charge on any atom is 0.139 e. The molecule has 0 aliphatic heterocycles. The van der Waals surface area contributed by atoms with E-state index in [1.807, 2.05) is 6.07 Å². The summed E-state index contributed by atoms with van der Waals surface area (Å²) in [5.74, 6) is 2.69. The number of fused-ring (bicyclic) bond motifs is 1. The first kappa shape index (κ1) is 14.3. The number of hydrogen-bond acceptors (Lipinski definition) is 1. The van der Waals surface area contributed by atoms with Gasteiger partial charge in [-0.3, -0.25) is 0 Å². The number of halogens is 3. The maximum atomic E-state index is 13.7. The highest BCUT2D eigenvalue weighted by Crippen LogP contribution is 2.38. The Bertz CT molecular complexity index is 636. The van der Waals surface area contributed by atoms with E-state index in [1.165, 1.54) is 18.9 Å². The maximum absolute atomic E-state index is 13.7. The molecule has 1 unspecified atom stereocenters. The quantitative estimate of drug-likeness (QED) is 0.703. The Kier molecular flexibility index (Phi) is 4.04. The minimum Gasteiger partial charge on any atom is -0.328 e. The van der Waals surface area contributed by atoms with E-state index in [1.54, 1.807) is 0 Å². The van der Waals surface area contributed by atoms with E-state index >= 15 is 0 Å². The summed E-state index contributed by atoms with van der Waals surface area (Å²) in [5.41, 5.74) is 1.71. The molecule has 0 radical (unpaired) electrons. The molecule has 2 aromatic rings. The summed E-state index contributed by atoms with van der Waals surface area (Å²) < 4.78 is 16.4. The Morgan fingerprint density at radius 1 is 1.50 bits per heavy atom. The highest BCUT2D eigenvalue weighted by molar-refractivity contribution is 9.10. The molecule has 1 aromatic carbocycles. The standard InChI is InChI=1S/C15H17BrClFN2/c1-9(10-2-3-10)8-20-14-6-11(16)12(18)7-13(14)19-15(20)4-5-17/h6-7,9-10H,2-5,8H2,1H3. The summed E-state index contributed by atoms with van der Waals surface area (Å²) in [6.45, 7) is 3.22. The van der Waals surface area contributed by atoms with Gasteiger partial charge in [0.15, 0.2) is 0 Å². The molecule has 0 saturated heterocycles. The van der Waals surface area contributed by atoms with Crippen molar-refractivity contribution in [1.82, 2.24) is 9.55 Å². The van der Waals surface area contributed by atoms with Gasteiger partial charge in [-0.15, -0.1) is 11.6 Å². The van der Waals surface area contributed by atoms with Gasteiger partial charge in [-0.25, -0.2) is 9.37 Å². The Morgan fingerprint density at radius 3 is 2.90 bits per heavy atom. The van der Waals surface area contributed by atoms with Crippen LogP contribution in [0.5, 0.6) is 0 Å². The molecule has 0 bridgehead atoms. The number of rotatable bonds is 5. The van der Waals surface area contributed by atoms with Gasteiger partial charge >= 0.3 is 0 Å². The number of nitrogens with zero attached hydrogens (tertiary/aromatic N) is 2. The smallest absolute Gasteiger partial charge is 0.139 e. The zero-order chi connectivity index (χ0) is 14.3. The van der Waals surface area contributed by atoms with Crippen LogP contribution in [0.4, 0.5) is 4.39 Å². The van der Waals surface area contributed by atoms with Gasteiger partial charge in [0.1, 0.15) is 11.6 Å². The van der Waals surface area contributed by atoms with Crippen LogP contribution in [-0.4, -0.2) is 15.4 Å². The van der Waals surface area contributed by atoms with Crippen LogP contribution in [0.1, 0.15) is 25.6 Å². The van der Waals surface area contributed by atoms with Crippen LogP contribution in [0, 0.1) is 17.7 Å². The second-order valence-electron chi connectivity index (χ2n) is 5.65. The van der Waals surface area contributed by atoms with Crippen LogP contribution < -0.4 is 0 Å². The fourth-order valence-corrected chi connectivity index (χ4v) is 3.25. The monoisotopic (exact) mass is 358 g/mol. The molecule has 1 heterocycles. The summed E-state index contributed by atoms with van der Waals surface area (Å²) in [7, 11) is 0. The molecule has 3 rings (SSSR count). The van der Waals surface area contributed by atoms with E-state index < -0.39 is 0 Å². The van der Waals surface area contributed by atoms with Crippen molar-refractivity contribution in [2.75, 3.05) is 5.88 Å². The Morgan fingerprint density at radius 2 is 2.25 bits per heavy atom. The molecule has 0 amide bonds. The molecule has 1 saturated carbocycles. The van der Waals surface area contributed by atoms with Crippen molar-refractivity contribution >= 4 is 38.6 Å². The molecule has 20 heavy (non-hydrogen) atoms. The minimum atomic E-state index is -0.269. The number of aryl methyl sites for hydroxylation is 1. The Labute approximate surface area is 131 Å². The summed E-state index contributed by atoms with van der Waals surface area (Å²) in [4.78, 5) is 4.55. The van der Waals surface area contributed by atoms with E-state index in [2.05, 4.69) is 32.4 Å². The van der Waals surface area contributed by atoms with Crippen molar-refractivity contribution in [3.05, 3.63) is 28.2 Å². The molecule has 1 aliphatic carbocycles. The highest BCUT2D eigenvalue weighted by atomic mass is 79.9. The van der Waals surface area contributed by atoms with Gasteiger partial charge in [0, 0.05) is 24.9 Å². The molecular formula is C15H17BrClFN2. The van der Waals surface area contributed by atoms with Crippen LogP contribution in [0.3, 0.4) is 0 Å². The number of imidazole rings is 1. The van der Waals surface area contributed by atoms with Gasteiger partial charge in [0.2, 0.25) is 0 Å². The second kappa shape index (κ2) is 5.64. The van der Waals surface area contributed by atoms with Gasteiger partial charge in [0.05, 0.1) is 15.5 Å². The van der Waals surface area contributed by atoms with Crippen molar-refractivity contribution in [1.29, 1.82) is 0 Å². The zero-order valence-electron chi connectivity index (χ0n) is 11.4. The first-order chi connectivity index (χ1) is 9.60. The predicted octanol–water partition coefficient (Wildman–Crippen LogP) is 4.77. The van der Waals surface area contributed by atoms with Crippen LogP contribution in [-0.2, 0) is 13.0 Å². The third-order valence-electron chi connectivity index (χ3n) is 4.08. The molecule has 5 heteroatoms. The van der Waals surface area contributed by atoms with Crippen molar-refractivity contribution in [3.8, 4) is 0 Å².